The summed E-state index contributed by atoms with van der Waals surface area (Å²) >= 11 is 6.00. The molecule has 1 N–H and O–H groups in total. The maximum absolute atomic E-state index is 13.0. The van der Waals surface area contributed by atoms with Crippen molar-refractivity contribution in [2.75, 3.05) is 50.1 Å². The molecule has 0 atom stereocenters. The van der Waals surface area contributed by atoms with Crippen LogP contribution in [0.25, 0.3) is 0 Å². The van der Waals surface area contributed by atoms with E-state index in [-0.39, 0.29) is 18.3 Å². The number of benzene rings is 2. The zero-order chi connectivity index (χ0) is 18.5. The number of carbonyl (C=O) groups is 1. The minimum atomic E-state index is -0.245. The number of ether oxygens (including phenoxy) is 1. The maximum atomic E-state index is 13.0. The van der Waals surface area contributed by atoms with Gasteiger partial charge in [-0.15, -0.1) is 0 Å². The molecule has 5 nitrogen and oxygen atoms in total. The molecule has 1 amide bonds. The molecule has 2 aromatic rings. The maximum Gasteiger partial charge on any atom is 0.241 e. The Bertz CT molecular complexity index is 762. The average Bonchev–Trinajstić information content (AvgIpc) is 2.67. The summed E-state index contributed by atoms with van der Waals surface area (Å²) < 4.78 is 18.3. The zero-order valence-electron chi connectivity index (χ0n) is 14.5. The monoisotopic (exact) mass is 377 g/mol. The van der Waals surface area contributed by atoms with Crippen molar-refractivity contribution in [2.45, 2.75) is 0 Å². The minimum absolute atomic E-state index is 0.0192. The quantitative estimate of drug-likeness (QED) is 0.868. The van der Waals surface area contributed by atoms with Crippen molar-refractivity contribution in [1.29, 1.82) is 0 Å². The third-order valence-corrected chi connectivity index (χ3v) is 4.65. The number of hydrogen-bond acceptors (Lipinski definition) is 4. The molecule has 0 unspecified atom stereocenters. The molecule has 0 aromatic heterocycles. The summed E-state index contributed by atoms with van der Waals surface area (Å²) in [7, 11) is 1.57. The summed E-state index contributed by atoms with van der Waals surface area (Å²) in [4.78, 5) is 16.4. The Hall–Kier alpha value is -2.47. The number of methoxy groups -OCH3 is 1. The summed E-state index contributed by atoms with van der Waals surface area (Å²) in [5.41, 5.74) is 1.67. The number of hydrogen-bond donors (Lipinski definition) is 1. The van der Waals surface area contributed by atoms with Crippen LogP contribution in [0.2, 0.25) is 5.02 Å². The molecule has 1 aliphatic heterocycles. The molecule has 3 rings (SSSR count). The number of carbonyl (C=O) groups excluding carboxylic acids is 1. The topological polar surface area (TPSA) is 44.8 Å². The number of rotatable bonds is 5. The van der Waals surface area contributed by atoms with Gasteiger partial charge in [-0.3, -0.25) is 4.79 Å². The lowest BCUT2D eigenvalue weighted by atomic mass is 10.2. The van der Waals surface area contributed by atoms with Crippen LogP contribution in [0, 0.1) is 5.82 Å². The van der Waals surface area contributed by atoms with Crippen LogP contribution in [-0.4, -0.2) is 50.6 Å². The molecule has 26 heavy (non-hydrogen) atoms. The SMILES string of the molecule is COc1ccc(Cl)cc1NCC(=O)N1CCN(c2ccc(F)cc2)CC1. The van der Waals surface area contributed by atoms with E-state index in [1.807, 2.05) is 4.90 Å². The van der Waals surface area contributed by atoms with Crippen LogP contribution in [-0.2, 0) is 4.79 Å². The molecule has 0 aliphatic carbocycles. The predicted octanol–water partition coefficient (Wildman–Crippen LogP) is 3.25. The first-order chi connectivity index (χ1) is 12.6. The van der Waals surface area contributed by atoms with Crippen molar-refractivity contribution in [1.82, 2.24) is 4.90 Å². The van der Waals surface area contributed by atoms with E-state index < -0.39 is 0 Å². The van der Waals surface area contributed by atoms with Crippen molar-refractivity contribution >= 4 is 28.9 Å². The predicted molar refractivity (Wildman–Crippen MR) is 102 cm³/mol. The van der Waals surface area contributed by atoms with E-state index in [0.717, 1.165) is 18.8 Å². The van der Waals surface area contributed by atoms with Crippen molar-refractivity contribution in [3.05, 3.63) is 53.3 Å². The molecule has 2 aromatic carbocycles. The Labute approximate surface area is 157 Å². The van der Waals surface area contributed by atoms with E-state index in [2.05, 4.69) is 10.2 Å². The summed E-state index contributed by atoms with van der Waals surface area (Å²) in [6.07, 6.45) is 0. The highest BCUT2D eigenvalue weighted by Crippen LogP contribution is 2.27. The lowest BCUT2D eigenvalue weighted by molar-refractivity contribution is -0.129. The molecule has 0 radical (unpaired) electrons. The van der Waals surface area contributed by atoms with E-state index in [4.69, 9.17) is 16.3 Å². The number of anilines is 2. The van der Waals surface area contributed by atoms with Crippen molar-refractivity contribution in [3.8, 4) is 5.75 Å². The van der Waals surface area contributed by atoms with Gasteiger partial charge in [0.15, 0.2) is 0 Å². The first-order valence-corrected chi connectivity index (χ1v) is 8.80. The largest absolute Gasteiger partial charge is 0.495 e. The Morgan fingerprint density at radius 2 is 1.85 bits per heavy atom. The summed E-state index contributed by atoms with van der Waals surface area (Å²) in [6, 6.07) is 11.7. The second-order valence-corrected chi connectivity index (χ2v) is 6.48. The van der Waals surface area contributed by atoms with Crippen molar-refractivity contribution in [2.24, 2.45) is 0 Å². The second kappa shape index (κ2) is 8.27. The van der Waals surface area contributed by atoms with Gasteiger partial charge in [0.2, 0.25) is 5.91 Å². The molecule has 1 saturated heterocycles. The van der Waals surface area contributed by atoms with E-state index in [1.54, 1.807) is 37.4 Å². The lowest BCUT2D eigenvalue weighted by Gasteiger charge is -2.36. The minimum Gasteiger partial charge on any atom is -0.495 e. The highest BCUT2D eigenvalue weighted by Gasteiger charge is 2.21. The number of nitrogens with zero attached hydrogens (tertiary/aromatic N) is 2. The molecule has 1 aliphatic rings. The fourth-order valence-electron chi connectivity index (χ4n) is 2.97. The van der Waals surface area contributed by atoms with Crippen LogP contribution in [0.15, 0.2) is 42.5 Å². The van der Waals surface area contributed by atoms with Crippen LogP contribution in [0.5, 0.6) is 5.75 Å². The van der Waals surface area contributed by atoms with Crippen molar-refractivity contribution < 1.29 is 13.9 Å². The number of nitrogens with one attached hydrogen (secondary N) is 1. The van der Waals surface area contributed by atoms with E-state index >= 15 is 0 Å². The molecule has 1 heterocycles. The lowest BCUT2D eigenvalue weighted by Crippen LogP contribution is -2.50. The highest BCUT2D eigenvalue weighted by atomic mass is 35.5. The fraction of sp³-hybridized carbons (Fsp3) is 0.316. The average molecular weight is 378 g/mol. The third kappa shape index (κ3) is 4.38. The van der Waals surface area contributed by atoms with Gasteiger partial charge in [0, 0.05) is 36.9 Å². The van der Waals surface area contributed by atoms with Gasteiger partial charge in [-0.1, -0.05) is 11.6 Å². The van der Waals surface area contributed by atoms with Gasteiger partial charge >= 0.3 is 0 Å². The number of piperazine rings is 1. The second-order valence-electron chi connectivity index (χ2n) is 6.04. The smallest absolute Gasteiger partial charge is 0.241 e. The van der Waals surface area contributed by atoms with Gasteiger partial charge in [0.25, 0.3) is 0 Å². The van der Waals surface area contributed by atoms with E-state index in [0.29, 0.717) is 29.5 Å². The third-order valence-electron chi connectivity index (χ3n) is 4.42. The standard InChI is InChI=1S/C19H21ClFN3O2/c1-26-18-7-2-14(20)12-17(18)22-13-19(25)24-10-8-23(9-11-24)16-5-3-15(21)4-6-16/h2-7,12,22H,8-11,13H2,1H3. The molecule has 0 spiro atoms. The Morgan fingerprint density at radius 1 is 1.15 bits per heavy atom. The van der Waals surface area contributed by atoms with Gasteiger partial charge in [0.1, 0.15) is 11.6 Å². The van der Waals surface area contributed by atoms with Crippen molar-refractivity contribution in [3.63, 3.8) is 0 Å². The first kappa shape index (κ1) is 18.3. The molecular formula is C19H21ClFN3O2. The van der Waals surface area contributed by atoms with Crippen LogP contribution < -0.4 is 15.0 Å². The molecule has 1 fully saturated rings. The van der Waals surface area contributed by atoms with Gasteiger partial charge in [-0.2, -0.15) is 0 Å². The van der Waals surface area contributed by atoms with E-state index in [9.17, 15) is 9.18 Å². The molecule has 7 heteroatoms. The van der Waals surface area contributed by atoms with Gasteiger partial charge in [-0.25, -0.2) is 4.39 Å². The Kier molecular flexibility index (Phi) is 5.83. The zero-order valence-corrected chi connectivity index (χ0v) is 15.3. The Balaban J connectivity index is 1.52. The van der Waals surface area contributed by atoms with Crippen LogP contribution >= 0.6 is 11.6 Å². The normalized spacial score (nSPS) is 14.3. The summed E-state index contributed by atoms with van der Waals surface area (Å²) in [5, 5.41) is 3.67. The molecule has 138 valence electrons. The fourth-order valence-corrected chi connectivity index (χ4v) is 3.14. The molecular weight excluding hydrogens is 357 g/mol. The summed E-state index contributed by atoms with van der Waals surface area (Å²) in [5.74, 6) is 0.416. The number of halogens is 2. The van der Waals surface area contributed by atoms with Crippen LogP contribution in [0.1, 0.15) is 0 Å². The molecule has 0 bridgehead atoms. The highest BCUT2D eigenvalue weighted by molar-refractivity contribution is 6.30. The van der Waals surface area contributed by atoms with E-state index in [1.165, 1.54) is 12.1 Å². The Morgan fingerprint density at radius 3 is 2.50 bits per heavy atom. The van der Waals surface area contributed by atoms with Crippen LogP contribution in [0.4, 0.5) is 15.8 Å². The summed E-state index contributed by atoms with van der Waals surface area (Å²) in [6.45, 7) is 2.87. The van der Waals surface area contributed by atoms with Gasteiger partial charge in [-0.05, 0) is 42.5 Å². The molecule has 0 saturated carbocycles. The van der Waals surface area contributed by atoms with Gasteiger partial charge < -0.3 is 19.9 Å². The first-order valence-electron chi connectivity index (χ1n) is 8.42. The van der Waals surface area contributed by atoms with Gasteiger partial charge in [0.05, 0.1) is 19.3 Å². The van der Waals surface area contributed by atoms with Crippen LogP contribution in [0.3, 0.4) is 0 Å². The number of amides is 1.